The van der Waals surface area contributed by atoms with E-state index in [0.29, 0.717) is 5.69 Å². The van der Waals surface area contributed by atoms with Crippen LogP contribution < -0.4 is 11.1 Å². The molecule has 0 radical (unpaired) electrons. The second-order valence-electron chi connectivity index (χ2n) is 4.08. The second-order valence-corrected chi connectivity index (χ2v) is 4.08. The zero-order valence-corrected chi connectivity index (χ0v) is 9.69. The van der Waals surface area contributed by atoms with E-state index in [9.17, 15) is 9.90 Å². The molecular formula is C11H17N3O2. The van der Waals surface area contributed by atoms with E-state index in [1.54, 1.807) is 13.0 Å². The van der Waals surface area contributed by atoms with Gasteiger partial charge in [-0.1, -0.05) is 13.8 Å². The predicted molar refractivity (Wildman–Crippen MR) is 62.1 cm³/mol. The molecule has 1 amide bonds. The standard InChI is InChI=1S/C11H17N3O2/c1-6(2)9(12)11(16)14-10-8(15)5-4-7(3)13-10/h4-6,9,15H,12H2,1-3H3,(H,13,14,16). The summed E-state index contributed by atoms with van der Waals surface area (Å²) in [5, 5.41) is 12.0. The third kappa shape index (κ3) is 2.93. The zero-order valence-electron chi connectivity index (χ0n) is 9.69. The summed E-state index contributed by atoms with van der Waals surface area (Å²) in [6.07, 6.45) is 0. The number of carbonyl (C=O) groups is 1. The van der Waals surface area contributed by atoms with Gasteiger partial charge < -0.3 is 16.2 Å². The van der Waals surface area contributed by atoms with Crippen molar-refractivity contribution < 1.29 is 9.90 Å². The number of pyridine rings is 1. The van der Waals surface area contributed by atoms with E-state index >= 15 is 0 Å². The molecule has 5 nitrogen and oxygen atoms in total. The number of nitrogens with two attached hydrogens (primary N) is 1. The van der Waals surface area contributed by atoms with Gasteiger partial charge in [0.05, 0.1) is 6.04 Å². The molecular weight excluding hydrogens is 206 g/mol. The Bertz CT molecular complexity index is 391. The minimum Gasteiger partial charge on any atom is -0.504 e. The van der Waals surface area contributed by atoms with Crippen LogP contribution in [-0.4, -0.2) is 22.0 Å². The van der Waals surface area contributed by atoms with Crippen LogP contribution in [0.15, 0.2) is 12.1 Å². The first-order valence-electron chi connectivity index (χ1n) is 5.15. The number of carbonyl (C=O) groups excluding carboxylic acids is 1. The average molecular weight is 223 g/mol. The van der Waals surface area contributed by atoms with Crippen molar-refractivity contribution in [2.24, 2.45) is 11.7 Å². The summed E-state index contributed by atoms with van der Waals surface area (Å²) in [4.78, 5) is 15.6. The molecule has 16 heavy (non-hydrogen) atoms. The van der Waals surface area contributed by atoms with Gasteiger partial charge in [-0.25, -0.2) is 4.98 Å². The van der Waals surface area contributed by atoms with Crippen molar-refractivity contribution >= 4 is 11.7 Å². The van der Waals surface area contributed by atoms with Gasteiger partial charge >= 0.3 is 0 Å². The summed E-state index contributed by atoms with van der Waals surface area (Å²) in [6.45, 7) is 5.49. The van der Waals surface area contributed by atoms with Crippen molar-refractivity contribution in [3.05, 3.63) is 17.8 Å². The molecule has 5 heteroatoms. The van der Waals surface area contributed by atoms with E-state index in [2.05, 4.69) is 10.3 Å². The van der Waals surface area contributed by atoms with Crippen LogP contribution in [-0.2, 0) is 4.79 Å². The van der Waals surface area contributed by atoms with Gasteiger partial charge in [-0.3, -0.25) is 4.79 Å². The number of amides is 1. The smallest absolute Gasteiger partial charge is 0.242 e. The highest BCUT2D eigenvalue weighted by molar-refractivity contribution is 5.95. The summed E-state index contributed by atoms with van der Waals surface area (Å²) < 4.78 is 0. The maximum absolute atomic E-state index is 11.6. The third-order valence-corrected chi connectivity index (χ3v) is 2.28. The minimum absolute atomic E-state index is 0.0342. The predicted octanol–water partition coefficient (Wildman–Crippen LogP) is 1.02. The van der Waals surface area contributed by atoms with Crippen LogP contribution in [0.25, 0.3) is 0 Å². The third-order valence-electron chi connectivity index (χ3n) is 2.28. The molecule has 1 aromatic heterocycles. The fraction of sp³-hybridized carbons (Fsp3) is 0.455. The fourth-order valence-corrected chi connectivity index (χ4v) is 1.14. The summed E-state index contributed by atoms with van der Waals surface area (Å²) in [6, 6.07) is 2.54. The number of hydrogen-bond acceptors (Lipinski definition) is 4. The molecule has 88 valence electrons. The van der Waals surface area contributed by atoms with Crippen molar-refractivity contribution in [1.82, 2.24) is 4.98 Å². The minimum atomic E-state index is -0.610. The van der Waals surface area contributed by atoms with Gasteiger partial charge in [-0.2, -0.15) is 0 Å². The molecule has 1 rings (SSSR count). The van der Waals surface area contributed by atoms with Crippen molar-refractivity contribution in [1.29, 1.82) is 0 Å². The lowest BCUT2D eigenvalue weighted by Gasteiger charge is -2.15. The lowest BCUT2D eigenvalue weighted by Crippen LogP contribution is -2.39. The normalized spacial score (nSPS) is 12.6. The highest BCUT2D eigenvalue weighted by Gasteiger charge is 2.18. The van der Waals surface area contributed by atoms with E-state index in [0.717, 1.165) is 0 Å². The first-order valence-corrected chi connectivity index (χ1v) is 5.15. The average Bonchev–Trinajstić information content (AvgIpc) is 2.22. The molecule has 0 aromatic carbocycles. The molecule has 0 aliphatic carbocycles. The Labute approximate surface area is 94.7 Å². The van der Waals surface area contributed by atoms with Gasteiger partial charge in [0.25, 0.3) is 0 Å². The summed E-state index contributed by atoms with van der Waals surface area (Å²) in [5.74, 6) is -0.216. The molecule has 1 aromatic rings. The molecule has 0 spiro atoms. The quantitative estimate of drug-likeness (QED) is 0.713. The van der Waals surface area contributed by atoms with Gasteiger partial charge in [0, 0.05) is 5.69 Å². The largest absolute Gasteiger partial charge is 0.504 e. The van der Waals surface area contributed by atoms with E-state index in [-0.39, 0.29) is 23.4 Å². The number of nitrogens with zero attached hydrogens (tertiary/aromatic N) is 1. The molecule has 0 bridgehead atoms. The van der Waals surface area contributed by atoms with Gasteiger partial charge in [0.2, 0.25) is 5.91 Å². The Kier molecular flexibility index (Phi) is 3.84. The molecule has 0 aliphatic rings. The maximum atomic E-state index is 11.6. The summed E-state index contributed by atoms with van der Waals surface area (Å²) in [7, 11) is 0. The Balaban J connectivity index is 2.80. The van der Waals surface area contributed by atoms with E-state index in [1.165, 1.54) is 6.07 Å². The van der Waals surface area contributed by atoms with Crippen LogP contribution in [0.1, 0.15) is 19.5 Å². The van der Waals surface area contributed by atoms with Crippen molar-refractivity contribution in [3.8, 4) is 5.75 Å². The molecule has 1 heterocycles. The molecule has 1 unspecified atom stereocenters. The van der Waals surface area contributed by atoms with Crippen LogP contribution in [0.4, 0.5) is 5.82 Å². The van der Waals surface area contributed by atoms with Crippen LogP contribution in [0, 0.1) is 12.8 Å². The van der Waals surface area contributed by atoms with Crippen molar-refractivity contribution in [2.75, 3.05) is 5.32 Å². The SMILES string of the molecule is Cc1ccc(O)c(NC(=O)C(N)C(C)C)n1. The Morgan fingerprint density at radius 2 is 2.12 bits per heavy atom. The molecule has 4 N–H and O–H groups in total. The molecule has 0 fully saturated rings. The van der Waals surface area contributed by atoms with Crippen molar-refractivity contribution in [2.45, 2.75) is 26.8 Å². The molecule has 1 atom stereocenters. The highest BCUT2D eigenvalue weighted by atomic mass is 16.3. The Morgan fingerprint density at radius 3 is 2.69 bits per heavy atom. The Morgan fingerprint density at radius 1 is 1.50 bits per heavy atom. The van der Waals surface area contributed by atoms with Gasteiger partial charge in [-0.15, -0.1) is 0 Å². The van der Waals surface area contributed by atoms with Crippen molar-refractivity contribution in [3.63, 3.8) is 0 Å². The van der Waals surface area contributed by atoms with Crippen LogP contribution in [0.3, 0.4) is 0 Å². The maximum Gasteiger partial charge on any atom is 0.242 e. The monoisotopic (exact) mass is 223 g/mol. The number of rotatable bonds is 3. The number of aromatic nitrogens is 1. The fourth-order valence-electron chi connectivity index (χ4n) is 1.14. The van der Waals surface area contributed by atoms with Gasteiger partial charge in [0.15, 0.2) is 11.6 Å². The topological polar surface area (TPSA) is 88.2 Å². The lowest BCUT2D eigenvalue weighted by molar-refractivity contribution is -0.118. The van der Waals surface area contributed by atoms with Crippen LogP contribution in [0.2, 0.25) is 0 Å². The first kappa shape index (κ1) is 12.4. The van der Waals surface area contributed by atoms with Gasteiger partial charge in [0.1, 0.15) is 0 Å². The highest BCUT2D eigenvalue weighted by Crippen LogP contribution is 2.20. The molecule has 0 aliphatic heterocycles. The zero-order chi connectivity index (χ0) is 12.3. The first-order chi connectivity index (χ1) is 7.41. The molecule has 0 saturated carbocycles. The number of aromatic hydroxyl groups is 1. The number of aryl methyl sites for hydroxylation is 1. The summed E-state index contributed by atoms with van der Waals surface area (Å²) in [5.41, 5.74) is 6.39. The van der Waals surface area contributed by atoms with Crippen LogP contribution >= 0.6 is 0 Å². The van der Waals surface area contributed by atoms with Gasteiger partial charge in [-0.05, 0) is 25.0 Å². The Hall–Kier alpha value is -1.62. The number of hydrogen-bond donors (Lipinski definition) is 3. The van der Waals surface area contributed by atoms with Crippen LogP contribution in [0.5, 0.6) is 5.75 Å². The summed E-state index contributed by atoms with van der Waals surface area (Å²) >= 11 is 0. The number of nitrogens with one attached hydrogen (secondary N) is 1. The molecule has 0 saturated heterocycles. The van der Waals surface area contributed by atoms with E-state index in [4.69, 9.17) is 5.73 Å². The lowest BCUT2D eigenvalue weighted by atomic mass is 10.1. The second kappa shape index (κ2) is 4.94. The van der Waals surface area contributed by atoms with E-state index in [1.807, 2.05) is 13.8 Å². The van der Waals surface area contributed by atoms with E-state index < -0.39 is 6.04 Å². The number of anilines is 1.